The van der Waals surface area contributed by atoms with Crippen molar-refractivity contribution in [2.24, 2.45) is 0 Å². The van der Waals surface area contributed by atoms with Gasteiger partial charge in [0.25, 0.3) is 10.0 Å². The maximum absolute atomic E-state index is 13.9. The molecule has 0 aliphatic carbocycles. The van der Waals surface area contributed by atoms with Crippen LogP contribution in [0.15, 0.2) is 83.9 Å². The molecule has 38 heavy (non-hydrogen) atoms. The Kier molecular flexibility index (Phi) is 7.67. The maximum atomic E-state index is 13.9. The first-order valence-electron chi connectivity index (χ1n) is 11.5. The lowest BCUT2D eigenvalue weighted by Gasteiger charge is -2.26. The molecule has 2 N–H and O–H groups in total. The molecule has 8 nitrogen and oxygen atoms in total. The second kappa shape index (κ2) is 10.9. The molecule has 1 atom stereocenters. The standard InChI is InChI=1S/C27H24F2N4O4S/c1-17-7-3-4-11-25(17)38(36,37)32-27(35)31-23(15-18-13-19(28)16-20(29)14-18)26(34)33(2)24-10-5-9-22-21(24)8-6-12-30-22/h3-14,16,23H,15H2,1-2H3,(H2,31,32,35). The van der Waals surface area contributed by atoms with Crippen molar-refractivity contribution < 1.29 is 26.8 Å². The van der Waals surface area contributed by atoms with Crippen molar-refractivity contribution in [3.05, 3.63) is 102 Å². The molecule has 0 aliphatic heterocycles. The van der Waals surface area contributed by atoms with E-state index < -0.39 is 39.6 Å². The fourth-order valence-corrected chi connectivity index (χ4v) is 5.28. The second-order valence-corrected chi connectivity index (χ2v) is 10.3. The smallest absolute Gasteiger partial charge is 0.325 e. The van der Waals surface area contributed by atoms with Crippen LogP contribution in [-0.2, 0) is 21.2 Å². The van der Waals surface area contributed by atoms with E-state index in [9.17, 15) is 26.8 Å². The average molecular weight is 539 g/mol. The van der Waals surface area contributed by atoms with Gasteiger partial charge in [0.15, 0.2) is 0 Å². The van der Waals surface area contributed by atoms with E-state index in [0.717, 1.165) is 12.1 Å². The maximum Gasteiger partial charge on any atom is 0.329 e. The van der Waals surface area contributed by atoms with Gasteiger partial charge >= 0.3 is 6.03 Å². The first-order valence-corrected chi connectivity index (χ1v) is 13.0. The summed E-state index contributed by atoms with van der Waals surface area (Å²) in [4.78, 5) is 31.9. The molecule has 196 valence electrons. The summed E-state index contributed by atoms with van der Waals surface area (Å²) in [5.74, 6) is -2.35. The number of nitrogens with one attached hydrogen (secondary N) is 2. The summed E-state index contributed by atoms with van der Waals surface area (Å²) in [6.07, 6.45) is 1.30. The first kappa shape index (κ1) is 26.7. The number of sulfonamides is 1. The summed E-state index contributed by atoms with van der Waals surface area (Å²) in [5.41, 5.74) is 1.62. The van der Waals surface area contributed by atoms with Gasteiger partial charge in [0, 0.05) is 31.1 Å². The Morgan fingerprint density at radius 2 is 1.68 bits per heavy atom. The van der Waals surface area contributed by atoms with E-state index in [1.54, 1.807) is 55.6 Å². The number of pyridine rings is 1. The molecule has 3 amide bonds. The molecule has 0 spiro atoms. The highest BCUT2D eigenvalue weighted by Crippen LogP contribution is 2.25. The number of carbonyl (C=O) groups excluding carboxylic acids is 2. The number of benzene rings is 3. The third-order valence-electron chi connectivity index (χ3n) is 5.89. The van der Waals surface area contributed by atoms with Crippen LogP contribution in [0.25, 0.3) is 10.9 Å². The summed E-state index contributed by atoms with van der Waals surface area (Å²) in [7, 11) is -2.79. The number of hydrogen-bond donors (Lipinski definition) is 2. The number of aromatic nitrogens is 1. The van der Waals surface area contributed by atoms with Crippen molar-refractivity contribution in [3.8, 4) is 0 Å². The van der Waals surface area contributed by atoms with Crippen molar-refractivity contribution >= 4 is 38.6 Å². The third-order valence-corrected chi connectivity index (χ3v) is 7.38. The Labute approximate surface area is 218 Å². The van der Waals surface area contributed by atoms with E-state index in [0.29, 0.717) is 28.2 Å². The zero-order chi connectivity index (χ0) is 27.4. The summed E-state index contributed by atoms with van der Waals surface area (Å²) in [6.45, 7) is 1.57. The minimum absolute atomic E-state index is 0.0934. The molecule has 0 fully saturated rings. The largest absolute Gasteiger partial charge is 0.329 e. The Balaban J connectivity index is 1.64. The zero-order valence-electron chi connectivity index (χ0n) is 20.5. The SMILES string of the molecule is Cc1ccccc1S(=O)(=O)NC(=O)NC(Cc1cc(F)cc(F)c1)C(=O)N(C)c1cccc2ncccc12. The number of amides is 3. The monoisotopic (exact) mass is 538 g/mol. The van der Waals surface area contributed by atoms with Crippen LogP contribution >= 0.6 is 0 Å². The lowest BCUT2D eigenvalue weighted by Crippen LogP contribution is -2.52. The predicted molar refractivity (Wildman–Crippen MR) is 139 cm³/mol. The van der Waals surface area contributed by atoms with E-state index in [-0.39, 0.29) is 16.9 Å². The van der Waals surface area contributed by atoms with Crippen molar-refractivity contribution in [1.29, 1.82) is 0 Å². The van der Waals surface area contributed by atoms with E-state index in [4.69, 9.17) is 0 Å². The number of urea groups is 1. The summed E-state index contributed by atoms with van der Waals surface area (Å²) < 4.78 is 55.2. The minimum atomic E-state index is -4.26. The number of aryl methyl sites for hydroxylation is 1. The fourth-order valence-electron chi connectivity index (χ4n) is 4.12. The Bertz CT molecular complexity index is 1600. The fraction of sp³-hybridized carbons (Fsp3) is 0.148. The van der Waals surface area contributed by atoms with E-state index >= 15 is 0 Å². The molecule has 3 aromatic carbocycles. The number of rotatable bonds is 7. The van der Waals surface area contributed by atoms with E-state index in [1.807, 2.05) is 4.72 Å². The quantitative estimate of drug-likeness (QED) is 0.369. The lowest BCUT2D eigenvalue weighted by molar-refractivity contribution is -0.120. The van der Waals surface area contributed by atoms with E-state index in [1.165, 1.54) is 24.1 Å². The highest BCUT2D eigenvalue weighted by Gasteiger charge is 2.28. The molecule has 11 heteroatoms. The summed E-state index contributed by atoms with van der Waals surface area (Å²) >= 11 is 0. The first-order chi connectivity index (χ1) is 18.0. The van der Waals surface area contributed by atoms with Crippen molar-refractivity contribution in [2.45, 2.75) is 24.3 Å². The number of hydrogen-bond acceptors (Lipinski definition) is 5. The van der Waals surface area contributed by atoms with Gasteiger partial charge in [-0.25, -0.2) is 26.7 Å². The molecule has 0 bridgehead atoms. The van der Waals surface area contributed by atoms with Gasteiger partial charge < -0.3 is 10.2 Å². The van der Waals surface area contributed by atoms with Crippen LogP contribution in [0.5, 0.6) is 0 Å². The zero-order valence-corrected chi connectivity index (χ0v) is 21.3. The van der Waals surface area contributed by atoms with Crippen LogP contribution in [-0.4, -0.2) is 38.4 Å². The van der Waals surface area contributed by atoms with Crippen LogP contribution < -0.4 is 14.9 Å². The van der Waals surface area contributed by atoms with Crippen LogP contribution in [0, 0.1) is 18.6 Å². The highest BCUT2D eigenvalue weighted by molar-refractivity contribution is 7.90. The Morgan fingerprint density at radius 3 is 2.39 bits per heavy atom. The minimum Gasteiger partial charge on any atom is -0.325 e. The molecule has 4 rings (SSSR count). The number of nitrogens with zero attached hydrogens (tertiary/aromatic N) is 2. The highest BCUT2D eigenvalue weighted by atomic mass is 32.2. The molecule has 1 aromatic heterocycles. The van der Waals surface area contributed by atoms with Gasteiger partial charge in [-0.1, -0.05) is 24.3 Å². The predicted octanol–water partition coefficient (Wildman–Crippen LogP) is 4.08. The van der Waals surface area contributed by atoms with Crippen LogP contribution in [0.4, 0.5) is 19.3 Å². The Hall–Kier alpha value is -4.38. The van der Waals surface area contributed by atoms with Gasteiger partial charge in [-0.2, -0.15) is 0 Å². The number of halogens is 2. The van der Waals surface area contributed by atoms with Gasteiger partial charge in [0.05, 0.1) is 16.1 Å². The normalized spacial score (nSPS) is 12.1. The molecule has 0 saturated heterocycles. The van der Waals surface area contributed by atoms with Gasteiger partial charge in [-0.3, -0.25) is 9.78 Å². The molecule has 0 saturated carbocycles. The molecule has 0 radical (unpaired) electrons. The number of carbonyl (C=O) groups is 2. The van der Waals surface area contributed by atoms with Crippen LogP contribution in [0.3, 0.4) is 0 Å². The molecule has 1 heterocycles. The molecular formula is C27H24F2N4O4S. The Morgan fingerprint density at radius 1 is 0.974 bits per heavy atom. The van der Waals surface area contributed by atoms with Crippen molar-refractivity contribution in [1.82, 2.24) is 15.0 Å². The van der Waals surface area contributed by atoms with Gasteiger partial charge in [0.1, 0.15) is 17.7 Å². The van der Waals surface area contributed by atoms with Crippen molar-refractivity contribution in [3.63, 3.8) is 0 Å². The number of likely N-dealkylation sites (N-methyl/N-ethyl adjacent to an activating group) is 1. The van der Waals surface area contributed by atoms with Crippen LogP contribution in [0.1, 0.15) is 11.1 Å². The molecule has 4 aromatic rings. The second-order valence-electron chi connectivity index (χ2n) is 8.62. The molecule has 0 aliphatic rings. The topological polar surface area (TPSA) is 108 Å². The lowest BCUT2D eigenvalue weighted by atomic mass is 10.0. The number of fused-ring (bicyclic) bond motifs is 1. The van der Waals surface area contributed by atoms with Gasteiger partial charge in [-0.05, 0) is 60.5 Å². The summed E-state index contributed by atoms with van der Waals surface area (Å²) in [6, 6.07) is 14.9. The van der Waals surface area contributed by atoms with Gasteiger partial charge in [0.2, 0.25) is 5.91 Å². The number of anilines is 1. The van der Waals surface area contributed by atoms with Crippen LogP contribution in [0.2, 0.25) is 0 Å². The van der Waals surface area contributed by atoms with Gasteiger partial charge in [-0.15, -0.1) is 0 Å². The molecule has 1 unspecified atom stereocenters. The summed E-state index contributed by atoms with van der Waals surface area (Å²) in [5, 5.41) is 3.03. The molecular weight excluding hydrogens is 514 g/mol. The average Bonchev–Trinajstić information content (AvgIpc) is 2.86. The third kappa shape index (κ3) is 5.94. The van der Waals surface area contributed by atoms with E-state index in [2.05, 4.69) is 10.3 Å². The van der Waals surface area contributed by atoms with Crippen molar-refractivity contribution in [2.75, 3.05) is 11.9 Å².